The first-order valence-corrected chi connectivity index (χ1v) is 5.75. The number of aliphatic carboxylic acids is 1. The van der Waals surface area contributed by atoms with E-state index < -0.39 is 24.0 Å². The van der Waals surface area contributed by atoms with Crippen molar-refractivity contribution in [2.45, 2.75) is 32.9 Å². The van der Waals surface area contributed by atoms with Gasteiger partial charge < -0.3 is 19.5 Å². The molecule has 0 aromatic carbocycles. The summed E-state index contributed by atoms with van der Waals surface area (Å²) in [5.74, 6) is -1.61. The summed E-state index contributed by atoms with van der Waals surface area (Å²) >= 11 is 0. The summed E-state index contributed by atoms with van der Waals surface area (Å²) in [5.41, 5.74) is 0. The summed E-state index contributed by atoms with van der Waals surface area (Å²) in [6, 6.07) is -0.441. The van der Waals surface area contributed by atoms with Gasteiger partial charge in [0.2, 0.25) is 0 Å². The number of ether oxygens (including phenoxy) is 2. The second-order valence-electron chi connectivity index (χ2n) is 4.27. The van der Waals surface area contributed by atoms with E-state index in [2.05, 4.69) is 0 Å². The van der Waals surface area contributed by atoms with E-state index in [0.717, 1.165) is 0 Å². The molecule has 1 aliphatic rings. The zero-order valence-corrected chi connectivity index (χ0v) is 10.4. The van der Waals surface area contributed by atoms with Gasteiger partial charge in [-0.05, 0) is 20.8 Å². The topological polar surface area (TPSA) is 76.1 Å². The Morgan fingerprint density at radius 1 is 1.47 bits per heavy atom. The lowest BCUT2D eigenvalue weighted by molar-refractivity contribution is -0.142. The molecular weight excluding hydrogens is 226 g/mol. The smallest absolute Gasteiger partial charge is 0.410 e. The van der Waals surface area contributed by atoms with E-state index in [0.29, 0.717) is 6.54 Å². The maximum absolute atomic E-state index is 11.8. The Labute approximate surface area is 100 Å². The molecule has 6 nitrogen and oxygen atoms in total. The lowest BCUT2D eigenvalue weighted by atomic mass is 10.0. The quantitative estimate of drug-likeness (QED) is 0.798. The Balaban J connectivity index is 2.72. The van der Waals surface area contributed by atoms with Gasteiger partial charge in [-0.1, -0.05) is 0 Å². The minimum absolute atomic E-state index is 0.144. The second kappa shape index (κ2) is 5.86. The predicted molar refractivity (Wildman–Crippen MR) is 59.7 cm³/mol. The van der Waals surface area contributed by atoms with Crippen LogP contribution in [-0.4, -0.2) is 54.0 Å². The first-order chi connectivity index (χ1) is 7.97. The highest BCUT2D eigenvalue weighted by Gasteiger charge is 2.40. The molecule has 6 heteroatoms. The van der Waals surface area contributed by atoms with Crippen molar-refractivity contribution in [1.29, 1.82) is 0 Å². The van der Waals surface area contributed by atoms with Gasteiger partial charge in [-0.25, -0.2) is 4.79 Å². The highest BCUT2D eigenvalue weighted by atomic mass is 16.6. The largest absolute Gasteiger partial charge is 0.481 e. The molecule has 98 valence electrons. The number of carboxylic acids is 1. The Hall–Kier alpha value is -1.30. The molecule has 1 N–H and O–H groups in total. The van der Waals surface area contributed by atoms with E-state index in [1.807, 2.05) is 0 Å². The van der Waals surface area contributed by atoms with E-state index in [4.69, 9.17) is 14.6 Å². The maximum Gasteiger partial charge on any atom is 0.410 e. The zero-order valence-electron chi connectivity index (χ0n) is 10.4. The Bertz CT molecular complexity index is 292. The summed E-state index contributed by atoms with van der Waals surface area (Å²) < 4.78 is 10.2. The first kappa shape index (κ1) is 13.8. The number of hydrogen-bond donors (Lipinski definition) is 1. The van der Waals surface area contributed by atoms with Gasteiger partial charge in [0.25, 0.3) is 0 Å². The van der Waals surface area contributed by atoms with Crippen molar-refractivity contribution in [2.75, 3.05) is 19.8 Å². The van der Waals surface area contributed by atoms with E-state index in [-0.39, 0.29) is 19.3 Å². The molecule has 1 aliphatic heterocycles. The fourth-order valence-corrected chi connectivity index (χ4v) is 1.85. The van der Waals surface area contributed by atoms with E-state index in [1.165, 1.54) is 4.90 Å². The average Bonchev–Trinajstić information content (AvgIpc) is 2.66. The van der Waals surface area contributed by atoms with Crippen LogP contribution in [0.25, 0.3) is 0 Å². The van der Waals surface area contributed by atoms with Crippen LogP contribution in [-0.2, 0) is 14.3 Å². The fourth-order valence-electron chi connectivity index (χ4n) is 1.85. The molecule has 0 radical (unpaired) electrons. The van der Waals surface area contributed by atoms with Gasteiger partial charge in [0, 0.05) is 6.54 Å². The zero-order chi connectivity index (χ0) is 13.0. The van der Waals surface area contributed by atoms with Gasteiger partial charge in [-0.3, -0.25) is 4.79 Å². The van der Waals surface area contributed by atoms with Crippen molar-refractivity contribution in [1.82, 2.24) is 4.90 Å². The molecule has 0 bridgehead atoms. The molecule has 2 atom stereocenters. The van der Waals surface area contributed by atoms with Crippen LogP contribution in [0.4, 0.5) is 4.79 Å². The van der Waals surface area contributed by atoms with Crippen molar-refractivity contribution in [2.24, 2.45) is 5.92 Å². The first-order valence-electron chi connectivity index (χ1n) is 5.75. The molecule has 1 fully saturated rings. The van der Waals surface area contributed by atoms with Crippen LogP contribution >= 0.6 is 0 Å². The van der Waals surface area contributed by atoms with Crippen LogP contribution in [0.15, 0.2) is 0 Å². The van der Waals surface area contributed by atoms with Crippen molar-refractivity contribution in [3.05, 3.63) is 0 Å². The van der Waals surface area contributed by atoms with Crippen LogP contribution in [0.3, 0.4) is 0 Å². The third-order valence-electron chi connectivity index (χ3n) is 2.68. The summed E-state index contributed by atoms with van der Waals surface area (Å²) in [5, 5.41) is 9.03. The number of carbonyl (C=O) groups excluding carboxylic acids is 1. The molecule has 2 unspecified atom stereocenters. The molecule has 0 aromatic heterocycles. The van der Waals surface area contributed by atoms with Gasteiger partial charge >= 0.3 is 12.1 Å². The van der Waals surface area contributed by atoms with E-state index >= 15 is 0 Å². The minimum Gasteiger partial charge on any atom is -0.481 e. The van der Waals surface area contributed by atoms with Gasteiger partial charge in [-0.2, -0.15) is 0 Å². The minimum atomic E-state index is -0.941. The molecule has 1 heterocycles. The van der Waals surface area contributed by atoms with Gasteiger partial charge in [0.15, 0.2) is 0 Å². The van der Waals surface area contributed by atoms with Gasteiger partial charge in [-0.15, -0.1) is 0 Å². The lowest BCUT2D eigenvalue weighted by Crippen LogP contribution is -2.47. The van der Waals surface area contributed by atoms with Crippen LogP contribution in [0, 0.1) is 5.92 Å². The van der Waals surface area contributed by atoms with Gasteiger partial charge in [0.1, 0.15) is 5.92 Å². The molecule has 0 aliphatic carbocycles. The molecular formula is C11H19NO5. The number of hydrogen-bond acceptors (Lipinski definition) is 4. The van der Waals surface area contributed by atoms with E-state index in [1.54, 1.807) is 20.8 Å². The standard InChI is InChI=1S/C11H19NO5/c1-4-12(11(15)17-7(2)3)9-6-16-5-8(9)10(13)14/h7-9H,4-6H2,1-3H3,(H,13,14). The summed E-state index contributed by atoms with van der Waals surface area (Å²) in [6.07, 6.45) is -0.702. The monoisotopic (exact) mass is 245 g/mol. The molecule has 0 aromatic rings. The normalized spacial score (nSPS) is 23.8. The SMILES string of the molecule is CCN(C(=O)OC(C)C)C1COCC1C(=O)O. The predicted octanol–water partition coefficient (Wildman–Crippen LogP) is 0.953. The third kappa shape index (κ3) is 3.33. The summed E-state index contributed by atoms with van der Waals surface area (Å²) in [6.45, 7) is 6.10. The summed E-state index contributed by atoms with van der Waals surface area (Å²) in [7, 11) is 0. The molecule has 1 saturated heterocycles. The van der Waals surface area contributed by atoms with Gasteiger partial charge in [0.05, 0.1) is 25.4 Å². The van der Waals surface area contributed by atoms with E-state index in [9.17, 15) is 9.59 Å². The number of nitrogens with zero attached hydrogens (tertiary/aromatic N) is 1. The second-order valence-corrected chi connectivity index (χ2v) is 4.27. The average molecular weight is 245 g/mol. The fraction of sp³-hybridized carbons (Fsp3) is 0.818. The van der Waals surface area contributed by atoms with Crippen molar-refractivity contribution < 1.29 is 24.2 Å². The molecule has 0 spiro atoms. The Morgan fingerprint density at radius 2 is 2.12 bits per heavy atom. The van der Waals surface area contributed by atoms with Crippen molar-refractivity contribution in [3.8, 4) is 0 Å². The van der Waals surface area contributed by atoms with Crippen molar-refractivity contribution >= 4 is 12.1 Å². The number of carbonyl (C=O) groups is 2. The molecule has 17 heavy (non-hydrogen) atoms. The maximum atomic E-state index is 11.8. The molecule has 0 saturated carbocycles. The number of rotatable bonds is 4. The summed E-state index contributed by atoms with van der Waals surface area (Å²) in [4.78, 5) is 24.2. The number of carboxylic acid groups (broad SMARTS) is 1. The van der Waals surface area contributed by atoms with Crippen LogP contribution < -0.4 is 0 Å². The molecule has 1 rings (SSSR count). The van der Waals surface area contributed by atoms with Crippen LogP contribution in [0.1, 0.15) is 20.8 Å². The number of likely N-dealkylation sites (N-methyl/N-ethyl adjacent to an activating group) is 1. The highest BCUT2D eigenvalue weighted by molar-refractivity contribution is 5.74. The third-order valence-corrected chi connectivity index (χ3v) is 2.68. The number of amides is 1. The van der Waals surface area contributed by atoms with Crippen LogP contribution in [0.5, 0.6) is 0 Å². The van der Waals surface area contributed by atoms with Crippen molar-refractivity contribution in [3.63, 3.8) is 0 Å². The highest BCUT2D eigenvalue weighted by Crippen LogP contribution is 2.21. The Morgan fingerprint density at radius 3 is 2.59 bits per heavy atom. The van der Waals surface area contributed by atoms with Crippen LogP contribution in [0.2, 0.25) is 0 Å². The Kier molecular flexibility index (Phi) is 4.74. The molecule has 1 amide bonds. The lowest BCUT2D eigenvalue weighted by Gasteiger charge is -2.29.